The zero-order valence-electron chi connectivity index (χ0n) is 19.0. The largest absolute Gasteiger partial charge is 0.495 e. The summed E-state index contributed by atoms with van der Waals surface area (Å²) in [6.07, 6.45) is 2.49. The number of hydrogen-bond acceptors (Lipinski definition) is 6. The van der Waals surface area contributed by atoms with E-state index in [4.69, 9.17) is 9.47 Å². The molecule has 34 heavy (non-hydrogen) atoms. The van der Waals surface area contributed by atoms with Crippen molar-refractivity contribution < 1.29 is 31.9 Å². The lowest BCUT2D eigenvalue weighted by atomic mass is 10.2. The van der Waals surface area contributed by atoms with E-state index in [0.717, 1.165) is 25.7 Å². The predicted molar refractivity (Wildman–Crippen MR) is 122 cm³/mol. The molecule has 0 bridgehead atoms. The molecule has 1 aliphatic heterocycles. The molecule has 3 rings (SSSR count). The van der Waals surface area contributed by atoms with Crippen LogP contribution in [0.5, 0.6) is 11.5 Å². The molecule has 0 spiro atoms. The third-order valence-corrected chi connectivity index (χ3v) is 7.32. The summed E-state index contributed by atoms with van der Waals surface area (Å²) in [6, 6.07) is 9.19. The maximum atomic E-state index is 13.2. The second kappa shape index (κ2) is 11.3. The van der Waals surface area contributed by atoms with Crippen molar-refractivity contribution >= 4 is 21.8 Å². The van der Waals surface area contributed by atoms with Gasteiger partial charge in [-0.05, 0) is 62.2 Å². The highest BCUT2D eigenvalue weighted by Crippen LogP contribution is 2.29. The Hall–Kier alpha value is -3.18. The maximum absolute atomic E-state index is 13.2. The van der Waals surface area contributed by atoms with Gasteiger partial charge in [0.1, 0.15) is 22.2 Å². The number of methoxy groups -OCH3 is 1. The van der Waals surface area contributed by atoms with E-state index in [9.17, 15) is 22.4 Å². The molecule has 2 N–H and O–H groups in total. The van der Waals surface area contributed by atoms with Crippen molar-refractivity contribution in [3.63, 3.8) is 0 Å². The minimum absolute atomic E-state index is 0.0293. The highest BCUT2D eigenvalue weighted by molar-refractivity contribution is 7.89. The first-order valence-corrected chi connectivity index (χ1v) is 12.4. The third kappa shape index (κ3) is 6.23. The van der Waals surface area contributed by atoms with Crippen LogP contribution in [-0.4, -0.2) is 50.8 Å². The SMILES string of the molecule is COc1ccc(C(=O)NNC(=O)C(C)Oc2ccc(F)cc2)cc1S(=O)(=O)N1CCCCCC1. The molecule has 1 fully saturated rings. The number of carbonyl (C=O) groups excluding carboxylic acids is 2. The van der Waals surface area contributed by atoms with E-state index in [2.05, 4.69) is 10.9 Å². The predicted octanol–water partition coefficient (Wildman–Crippen LogP) is 2.63. The molecule has 1 saturated heterocycles. The summed E-state index contributed by atoms with van der Waals surface area (Å²) in [7, 11) is -2.51. The molecule has 184 valence electrons. The van der Waals surface area contributed by atoms with Gasteiger partial charge in [-0.25, -0.2) is 12.8 Å². The number of nitrogens with zero attached hydrogens (tertiary/aromatic N) is 1. The van der Waals surface area contributed by atoms with E-state index in [1.807, 2.05) is 0 Å². The smallest absolute Gasteiger partial charge is 0.279 e. The van der Waals surface area contributed by atoms with Crippen LogP contribution in [-0.2, 0) is 14.8 Å². The van der Waals surface area contributed by atoms with Gasteiger partial charge in [0.2, 0.25) is 10.0 Å². The molecule has 0 saturated carbocycles. The van der Waals surface area contributed by atoms with Crippen LogP contribution in [0.25, 0.3) is 0 Å². The van der Waals surface area contributed by atoms with Gasteiger partial charge in [-0.3, -0.25) is 20.4 Å². The molecule has 2 aromatic carbocycles. The summed E-state index contributed by atoms with van der Waals surface area (Å²) in [5, 5.41) is 0. The summed E-state index contributed by atoms with van der Waals surface area (Å²) in [5.41, 5.74) is 4.52. The summed E-state index contributed by atoms with van der Waals surface area (Å²) in [6.45, 7) is 2.28. The molecule has 9 nitrogen and oxygen atoms in total. The zero-order valence-corrected chi connectivity index (χ0v) is 19.9. The van der Waals surface area contributed by atoms with Gasteiger partial charge in [0, 0.05) is 18.7 Å². The fourth-order valence-corrected chi connectivity index (χ4v) is 5.20. The van der Waals surface area contributed by atoms with Gasteiger partial charge in [-0.1, -0.05) is 12.8 Å². The van der Waals surface area contributed by atoms with E-state index in [1.54, 1.807) is 0 Å². The van der Waals surface area contributed by atoms with Crippen molar-refractivity contribution in [2.45, 2.75) is 43.6 Å². The van der Waals surface area contributed by atoms with E-state index in [1.165, 1.54) is 60.8 Å². The van der Waals surface area contributed by atoms with Crippen LogP contribution in [0.2, 0.25) is 0 Å². The van der Waals surface area contributed by atoms with Crippen LogP contribution < -0.4 is 20.3 Å². The van der Waals surface area contributed by atoms with Crippen LogP contribution in [0, 0.1) is 5.82 Å². The molecule has 11 heteroatoms. The molecule has 0 aliphatic carbocycles. The van der Waals surface area contributed by atoms with Crippen LogP contribution >= 0.6 is 0 Å². The Morgan fingerprint density at radius 1 is 1.00 bits per heavy atom. The van der Waals surface area contributed by atoms with Crippen LogP contribution in [0.4, 0.5) is 4.39 Å². The number of rotatable bonds is 7. The lowest BCUT2D eigenvalue weighted by Gasteiger charge is -2.21. The van der Waals surface area contributed by atoms with Crippen molar-refractivity contribution in [3.05, 3.63) is 53.8 Å². The molecule has 1 unspecified atom stereocenters. The lowest BCUT2D eigenvalue weighted by Crippen LogP contribution is -2.47. The number of hydrazine groups is 1. The molecule has 1 atom stereocenters. The standard InChI is InChI=1S/C23H28FN3O6S/c1-16(33-19-10-8-18(24)9-11-19)22(28)25-26-23(29)17-7-12-20(32-2)21(15-17)34(30,31)27-13-5-3-4-6-14-27/h7-12,15-16H,3-6,13-14H2,1-2H3,(H,25,28)(H,26,29). The first kappa shape index (κ1) is 25.4. The molecule has 2 aromatic rings. The Kier molecular flexibility index (Phi) is 8.46. The van der Waals surface area contributed by atoms with Gasteiger partial charge in [0.25, 0.3) is 11.8 Å². The minimum Gasteiger partial charge on any atom is -0.495 e. The summed E-state index contributed by atoms with van der Waals surface area (Å²) < 4.78 is 51.6. The van der Waals surface area contributed by atoms with Crippen LogP contribution in [0.1, 0.15) is 43.0 Å². The van der Waals surface area contributed by atoms with E-state index < -0.39 is 33.8 Å². The molecule has 0 aromatic heterocycles. The fourth-order valence-electron chi connectivity index (χ4n) is 3.50. The molecular weight excluding hydrogens is 465 g/mol. The first-order valence-electron chi connectivity index (χ1n) is 10.9. The topological polar surface area (TPSA) is 114 Å². The van der Waals surface area contributed by atoms with Crippen molar-refractivity contribution in [2.75, 3.05) is 20.2 Å². The number of nitrogens with one attached hydrogen (secondary N) is 2. The second-order valence-corrected chi connectivity index (χ2v) is 9.75. The molecular formula is C23H28FN3O6S. The maximum Gasteiger partial charge on any atom is 0.279 e. The number of halogens is 1. The molecule has 1 heterocycles. The average molecular weight is 494 g/mol. The van der Waals surface area contributed by atoms with Crippen molar-refractivity contribution in [3.8, 4) is 11.5 Å². The first-order chi connectivity index (χ1) is 16.2. The zero-order chi connectivity index (χ0) is 24.7. The average Bonchev–Trinajstić information content (AvgIpc) is 3.13. The Morgan fingerprint density at radius 3 is 2.26 bits per heavy atom. The van der Waals surface area contributed by atoms with Crippen LogP contribution in [0.3, 0.4) is 0 Å². The number of ether oxygens (including phenoxy) is 2. The van der Waals surface area contributed by atoms with Gasteiger partial charge in [-0.2, -0.15) is 4.31 Å². The minimum atomic E-state index is -3.87. The highest BCUT2D eigenvalue weighted by atomic mass is 32.2. The number of amides is 2. The van der Waals surface area contributed by atoms with Gasteiger partial charge in [0.15, 0.2) is 6.10 Å². The number of sulfonamides is 1. The van der Waals surface area contributed by atoms with Crippen molar-refractivity contribution in [1.82, 2.24) is 15.2 Å². The summed E-state index contributed by atoms with van der Waals surface area (Å²) in [4.78, 5) is 24.8. The van der Waals surface area contributed by atoms with Crippen molar-refractivity contribution in [2.24, 2.45) is 0 Å². The quantitative estimate of drug-likeness (QED) is 0.574. The highest BCUT2D eigenvalue weighted by Gasteiger charge is 2.29. The van der Waals surface area contributed by atoms with Gasteiger partial charge in [0.05, 0.1) is 7.11 Å². The Morgan fingerprint density at radius 2 is 1.65 bits per heavy atom. The molecule has 2 amide bonds. The Bertz CT molecular complexity index is 1120. The fraction of sp³-hybridized carbons (Fsp3) is 0.391. The lowest BCUT2D eigenvalue weighted by molar-refractivity contribution is -0.128. The molecule has 0 radical (unpaired) electrons. The van der Waals surface area contributed by atoms with Gasteiger partial charge >= 0.3 is 0 Å². The van der Waals surface area contributed by atoms with E-state index >= 15 is 0 Å². The number of benzene rings is 2. The summed E-state index contributed by atoms with van der Waals surface area (Å²) >= 11 is 0. The van der Waals surface area contributed by atoms with Gasteiger partial charge < -0.3 is 9.47 Å². The normalized spacial score (nSPS) is 15.6. The summed E-state index contributed by atoms with van der Waals surface area (Å²) in [5.74, 6) is -1.38. The van der Waals surface area contributed by atoms with Crippen molar-refractivity contribution in [1.29, 1.82) is 0 Å². The monoisotopic (exact) mass is 493 g/mol. The van der Waals surface area contributed by atoms with Crippen LogP contribution in [0.15, 0.2) is 47.4 Å². The van der Waals surface area contributed by atoms with E-state index in [-0.39, 0.29) is 22.0 Å². The molecule has 1 aliphatic rings. The third-order valence-electron chi connectivity index (χ3n) is 5.40. The van der Waals surface area contributed by atoms with Gasteiger partial charge in [-0.15, -0.1) is 0 Å². The number of carbonyl (C=O) groups is 2. The Labute approximate surface area is 198 Å². The second-order valence-electron chi connectivity index (χ2n) is 7.84. The number of hydrogen-bond donors (Lipinski definition) is 2. The Balaban J connectivity index is 1.68. The van der Waals surface area contributed by atoms with E-state index in [0.29, 0.717) is 13.1 Å².